The zero-order valence-electron chi connectivity index (χ0n) is 19.0. The molecule has 6 nitrogen and oxygen atoms in total. The first-order valence-electron chi connectivity index (χ1n) is 10.8. The van der Waals surface area contributed by atoms with E-state index in [1.54, 1.807) is 54.6 Å². The molecule has 1 N–H and O–H groups in total. The van der Waals surface area contributed by atoms with Gasteiger partial charge in [0.05, 0.1) is 27.5 Å². The molecule has 0 atom stereocenters. The van der Waals surface area contributed by atoms with Crippen molar-refractivity contribution >= 4 is 62.1 Å². The lowest BCUT2D eigenvalue weighted by atomic mass is 10.2. The topological polar surface area (TPSA) is 84.1 Å². The molecule has 9 heteroatoms. The Morgan fingerprint density at radius 3 is 2.58 bits per heavy atom. The maximum Gasteiger partial charge on any atom is 0.273 e. The van der Waals surface area contributed by atoms with Crippen molar-refractivity contribution in [2.24, 2.45) is 0 Å². The van der Waals surface area contributed by atoms with Crippen LogP contribution in [0, 0.1) is 11.3 Å². The largest absolute Gasteiger partial charge is 0.493 e. The SMILES string of the molecule is CCOc1ccc(Br)cc1/C=c1/s/c(=C(\C#N)C(=O)Nc2ccccc2Cl)n(-c2ccccc2)c1=O. The van der Waals surface area contributed by atoms with E-state index in [4.69, 9.17) is 16.3 Å². The van der Waals surface area contributed by atoms with Gasteiger partial charge in [0.25, 0.3) is 11.5 Å². The van der Waals surface area contributed by atoms with Gasteiger partial charge in [-0.1, -0.05) is 57.9 Å². The van der Waals surface area contributed by atoms with E-state index in [1.807, 2.05) is 37.3 Å². The number of para-hydroxylation sites is 2. The van der Waals surface area contributed by atoms with E-state index in [-0.39, 0.29) is 15.8 Å². The summed E-state index contributed by atoms with van der Waals surface area (Å²) in [6.45, 7) is 2.34. The average molecular weight is 581 g/mol. The van der Waals surface area contributed by atoms with Gasteiger partial charge in [-0.3, -0.25) is 14.2 Å². The molecule has 0 saturated heterocycles. The first-order valence-corrected chi connectivity index (χ1v) is 12.8. The van der Waals surface area contributed by atoms with Crippen LogP contribution >= 0.6 is 38.9 Å². The van der Waals surface area contributed by atoms with Crippen molar-refractivity contribution in [1.82, 2.24) is 4.57 Å². The molecule has 1 aromatic heterocycles. The number of rotatable bonds is 6. The van der Waals surface area contributed by atoms with Gasteiger partial charge in [0.2, 0.25) is 0 Å². The Morgan fingerprint density at radius 1 is 1.17 bits per heavy atom. The smallest absolute Gasteiger partial charge is 0.273 e. The number of carbonyl (C=O) groups excluding carboxylic acids is 1. The van der Waals surface area contributed by atoms with Crippen molar-refractivity contribution in [3.63, 3.8) is 0 Å². The Balaban J connectivity index is 1.98. The van der Waals surface area contributed by atoms with Gasteiger partial charge in [-0.2, -0.15) is 5.26 Å². The lowest BCUT2D eigenvalue weighted by Gasteiger charge is -2.07. The van der Waals surface area contributed by atoms with Crippen molar-refractivity contribution in [2.75, 3.05) is 11.9 Å². The fourth-order valence-electron chi connectivity index (χ4n) is 3.46. The van der Waals surface area contributed by atoms with Crippen LogP contribution in [0.25, 0.3) is 17.3 Å². The third-order valence-electron chi connectivity index (χ3n) is 5.07. The predicted octanol–water partition coefficient (Wildman–Crippen LogP) is 4.86. The standard InChI is InChI=1S/C27H19BrClN3O3S/c1-2-35-23-13-12-18(28)14-17(23)15-24-26(34)32(19-8-4-3-5-9-19)27(36-24)20(16-30)25(33)31-22-11-7-6-10-21(22)29/h3-15H,2H2,1H3,(H,31,33)/b24-15+,27-20+. The van der Waals surface area contributed by atoms with Crippen LogP contribution in [0.3, 0.4) is 0 Å². The molecule has 1 heterocycles. The van der Waals surface area contributed by atoms with Gasteiger partial charge < -0.3 is 10.1 Å². The van der Waals surface area contributed by atoms with Crippen LogP contribution in [0.2, 0.25) is 5.02 Å². The molecule has 180 valence electrons. The third kappa shape index (κ3) is 5.44. The molecule has 0 aliphatic heterocycles. The van der Waals surface area contributed by atoms with Crippen molar-refractivity contribution in [2.45, 2.75) is 6.92 Å². The van der Waals surface area contributed by atoms with Crippen molar-refractivity contribution in [3.05, 3.63) is 107 Å². The zero-order valence-corrected chi connectivity index (χ0v) is 22.2. The number of thiazole rings is 1. The number of ether oxygens (including phenoxy) is 1. The molecule has 4 aromatic rings. The second-order valence-corrected chi connectivity index (χ2v) is 9.78. The molecule has 0 saturated carbocycles. The molecule has 0 bridgehead atoms. The molecule has 0 unspecified atom stereocenters. The summed E-state index contributed by atoms with van der Waals surface area (Å²) in [4.78, 5) is 26.8. The number of benzene rings is 3. The van der Waals surface area contributed by atoms with Gasteiger partial charge in [-0.25, -0.2) is 0 Å². The number of hydrogen-bond acceptors (Lipinski definition) is 5. The van der Waals surface area contributed by atoms with Gasteiger partial charge in [-0.15, -0.1) is 11.3 Å². The highest BCUT2D eigenvalue weighted by atomic mass is 79.9. The van der Waals surface area contributed by atoms with E-state index in [1.165, 1.54) is 4.57 Å². The number of anilines is 1. The Hall–Kier alpha value is -3.64. The molecule has 36 heavy (non-hydrogen) atoms. The highest BCUT2D eigenvalue weighted by molar-refractivity contribution is 9.10. The molecule has 4 rings (SSSR count). The van der Waals surface area contributed by atoms with E-state index in [2.05, 4.69) is 21.2 Å². The summed E-state index contributed by atoms with van der Waals surface area (Å²) in [5.74, 6) is -0.0530. The molecule has 3 aromatic carbocycles. The first kappa shape index (κ1) is 25.5. The van der Waals surface area contributed by atoms with Crippen molar-refractivity contribution < 1.29 is 9.53 Å². The molecular formula is C27H19BrClN3O3S. The summed E-state index contributed by atoms with van der Waals surface area (Å²) in [5.41, 5.74) is 1.02. The monoisotopic (exact) mass is 579 g/mol. The maximum absolute atomic E-state index is 13.6. The number of hydrogen-bond donors (Lipinski definition) is 1. The molecular weight excluding hydrogens is 562 g/mol. The van der Waals surface area contributed by atoms with Gasteiger partial charge in [0, 0.05) is 10.0 Å². The summed E-state index contributed by atoms with van der Waals surface area (Å²) < 4.78 is 8.46. The third-order valence-corrected chi connectivity index (χ3v) is 6.99. The average Bonchev–Trinajstić information content (AvgIpc) is 3.18. The van der Waals surface area contributed by atoms with E-state index in [9.17, 15) is 14.9 Å². The number of amides is 1. The minimum absolute atomic E-state index is 0.206. The highest BCUT2D eigenvalue weighted by Gasteiger charge is 2.18. The lowest BCUT2D eigenvalue weighted by Crippen LogP contribution is -2.32. The van der Waals surface area contributed by atoms with Crippen molar-refractivity contribution in [3.8, 4) is 17.5 Å². The van der Waals surface area contributed by atoms with E-state index in [0.717, 1.165) is 15.8 Å². The fourth-order valence-corrected chi connectivity index (χ4v) is 5.12. The normalized spacial score (nSPS) is 12.1. The number of carbonyl (C=O) groups is 1. The Kier molecular flexibility index (Phi) is 8.06. The van der Waals surface area contributed by atoms with Gasteiger partial charge in [-0.05, 0) is 55.5 Å². The lowest BCUT2D eigenvalue weighted by molar-refractivity contribution is -0.111. The van der Waals surface area contributed by atoms with Gasteiger partial charge in [0.1, 0.15) is 16.5 Å². The van der Waals surface area contributed by atoms with E-state index >= 15 is 0 Å². The first-order chi connectivity index (χ1) is 17.4. The van der Waals surface area contributed by atoms with Crippen LogP contribution < -0.4 is 24.8 Å². The van der Waals surface area contributed by atoms with Gasteiger partial charge in [0.15, 0.2) is 5.57 Å². The molecule has 0 aliphatic carbocycles. The molecule has 0 fully saturated rings. The van der Waals surface area contributed by atoms with Crippen molar-refractivity contribution in [1.29, 1.82) is 5.26 Å². The zero-order chi connectivity index (χ0) is 25.7. The molecule has 0 radical (unpaired) electrons. The Morgan fingerprint density at radius 2 is 1.89 bits per heavy atom. The minimum Gasteiger partial charge on any atom is -0.493 e. The van der Waals surface area contributed by atoms with Crippen LogP contribution in [0.5, 0.6) is 5.75 Å². The van der Waals surface area contributed by atoms with Crippen LogP contribution in [-0.4, -0.2) is 17.1 Å². The molecule has 1 amide bonds. The number of aromatic nitrogens is 1. The number of halogens is 2. The second-order valence-electron chi connectivity index (χ2n) is 7.43. The number of nitrogens with one attached hydrogen (secondary N) is 1. The summed E-state index contributed by atoms with van der Waals surface area (Å²) in [6, 6.07) is 23.1. The van der Waals surface area contributed by atoms with Crippen LogP contribution in [0.4, 0.5) is 5.69 Å². The van der Waals surface area contributed by atoms with Crippen LogP contribution in [0.15, 0.2) is 82.1 Å². The maximum atomic E-state index is 13.6. The summed E-state index contributed by atoms with van der Waals surface area (Å²) in [7, 11) is 0. The summed E-state index contributed by atoms with van der Waals surface area (Å²) in [6.07, 6.45) is 1.70. The second kappa shape index (κ2) is 11.4. The molecule has 0 aliphatic rings. The van der Waals surface area contributed by atoms with Crippen LogP contribution in [0.1, 0.15) is 12.5 Å². The van der Waals surface area contributed by atoms with Gasteiger partial charge >= 0.3 is 0 Å². The number of nitriles is 1. The Bertz CT molecular complexity index is 1660. The Labute approximate surface area is 224 Å². The summed E-state index contributed by atoms with van der Waals surface area (Å²) in [5, 5.41) is 13.0. The highest BCUT2D eigenvalue weighted by Crippen LogP contribution is 2.24. The predicted molar refractivity (Wildman–Crippen MR) is 147 cm³/mol. The quantitative estimate of drug-likeness (QED) is 0.353. The molecule has 0 spiro atoms. The van der Waals surface area contributed by atoms with Crippen LogP contribution in [-0.2, 0) is 4.79 Å². The number of nitrogens with zero attached hydrogens (tertiary/aromatic N) is 2. The van der Waals surface area contributed by atoms with E-state index in [0.29, 0.717) is 38.8 Å². The minimum atomic E-state index is -0.666. The summed E-state index contributed by atoms with van der Waals surface area (Å²) >= 11 is 10.7. The van der Waals surface area contributed by atoms with E-state index < -0.39 is 5.91 Å². The fraction of sp³-hybridized carbons (Fsp3) is 0.0741.